The highest BCUT2D eigenvalue weighted by molar-refractivity contribution is 6.32. The lowest BCUT2D eigenvalue weighted by Gasteiger charge is -2.25. The molecule has 0 radical (unpaired) electrons. The van der Waals surface area contributed by atoms with Crippen LogP contribution >= 0.6 is 23.2 Å². The molecule has 0 aliphatic heterocycles. The summed E-state index contributed by atoms with van der Waals surface area (Å²) in [6.07, 6.45) is 0. The van der Waals surface area contributed by atoms with Crippen molar-refractivity contribution in [2.75, 3.05) is 27.7 Å². The van der Waals surface area contributed by atoms with Gasteiger partial charge in [-0.25, -0.2) is 17.6 Å². The lowest BCUT2D eigenvalue weighted by molar-refractivity contribution is 0.152. The maximum absolute atomic E-state index is 14.0. The fourth-order valence-corrected chi connectivity index (χ4v) is 7.56. The summed E-state index contributed by atoms with van der Waals surface area (Å²) in [6.45, 7) is 7.01. The fraction of sp³-hybridized carbons (Fsp3) is 0.280. The highest BCUT2D eigenvalue weighted by atomic mass is 35.5. The summed E-state index contributed by atoms with van der Waals surface area (Å²) in [4.78, 5) is 3.90. The van der Waals surface area contributed by atoms with Crippen LogP contribution in [0.1, 0.15) is 51.4 Å². The molecule has 0 heterocycles. The first-order chi connectivity index (χ1) is 30.1. The Hall–Kier alpha value is -5.30. The summed E-state index contributed by atoms with van der Waals surface area (Å²) >= 11 is 13.5. The van der Waals surface area contributed by atoms with Crippen molar-refractivity contribution in [2.45, 2.75) is 66.3 Å². The Bertz CT molecular complexity index is 2520. The number of hydrogen-bond donors (Lipinski definition) is 1. The van der Waals surface area contributed by atoms with Gasteiger partial charge < -0.3 is 29.0 Å². The van der Waals surface area contributed by atoms with Gasteiger partial charge in [-0.15, -0.1) is 0 Å². The lowest BCUT2D eigenvalue weighted by Crippen LogP contribution is -2.31. The average Bonchev–Trinajstić information content (AvgIpc) is 3.22. The Morgan fingerprint density at radius 3 is 1.32 bits per heavy atom. The molecule has 1 N–H and O–H groups in total. The van der Waals surface area contributed by atoms with Crippen LogP contribution in [-0.2, 0) is 39.5 Å². The number of likely N-dealkylation sites (N-methyl/N-ethyl adjacent to an activating group) is 1. The number of ether oxygens (including phenoxy) is 4. The summed E-state index contributed by atoms with van der Waals surface area (Å²) in [6, 6.07) is 25.3. The van der Waals surface area contributed by atoms with Gasteiger partial charge >= 0.3 is 0 Å². The Morgan fingerprint density at radius 2 is 0.921 bits per heavy atom. The molecule has 0 fully saturated rings. The Morgan fingerprint density at radius 1 is 0.524 bits per heavy atom. The molecule has 0 spiro atoms. The molecule has 0 saturated heterocycles. The zero-order valence-corrected chi connectivity index (χ0v) is 37.5. The number of aliphatic hydroxyl groups is 1. The van der Waals surface area contributed by atoms with Gasteiger partial charge in [-0.1, -0.05) is 59.6 Å². The summed E-state index contributed by atoms with van der Waals surface area (Å²) in [5.41, 5.74) is 8.02. The molecular formula is C50H50Cl2F4N2O5. The van der Waals surface area contributed by atoms with Gasteiger partial charge in [0.1, 0.15) is 72.7 Å². The van der Waals surface area contributed by atoms with E-state index in [0.717, 1.165) is 51.1 Å². The largest absolute Gasteiger partial charge is 0.488 e. The third-order valence-corrected chi connectivity index (χ3v) is 11.3. The summed E-state index contributed by atoms with van der Waals surface area (Å²) in [5.74, 6) is -1.10. The maximum atomic E-state index is 14.0. The minimum atomic E-state index is -0.702. The molecule has 1 atom stereocenters. The van der Waals surface area contributed by atoms with Gasteiger partial charge in [0.05, 0.1) is 16.7 Å². The monoisotopic (exact) mass is 904 g/mol. The lowest BCUT2D eigenvalue weighted by atomic mass is 9.92. The van der Waals surface area contributed by atoms with E-state index >= 15 is 0 Å². The predicted octanol–water partition coefficient (Wildman–Crippen LogP) is 12.0. The first-order valence-electron chi connectivity index (χ1n) is 20.3. The zero-order chi connectivity index (χ0) is 45.4. The van der Waals surface area contributed by atoms with E-state index in [1.54, 1.807) is 24.3 Å². The van der Waals surface area contributed by atoms with Gasteiger partial charge in [0.15, 0.2) is 0 Å². The van der Waals surface area contributed by atoms with Gasteiger partial charge in [0.25, 0.3) is 0 Å². The first kappa shape index (κ1) is 47.2. The number of benzene rings is 6. The van der Waals surface area contributed by atoms with Gasteiger partial charge in [-0.2, -0.15) is 0 Å². The quantitative estimate of drug-likeness (QED) is 0.0812. The van der Waals surface area contributed by atoms with E-state index in [1.807, 2.05) is 88.1 Å². The Balaban J connectivity index is 1.20. The minimum Gasteiger partial charge on any atom is -0.488 e. The van der Waals surface area contributed by atoms with Crippen molar-refractivity contribution >= 4 is 23.2 Å². The summed E-state index contributed by atoms with van der Waals surface area (Å²) in [5, 5.41) is 10.5. The minimum absolute atomic E-state index is 0.0511. The highest BCUT2D eigenvalue weighted by Crippen LogP contribution is 2.38. The SMILES string of the molecule is Cc1c(COc2cc(OCc3cc(F)cc(F)c3)c(CN(C)C)cc2Cl)cccc1-c1cccc(COc2cc(OCc3cc(F)cc(F)c3)c(CN(C)C(C)CO)cc2Cl)c1C. The summed E-state index contributed by atoms with van der Waals surface area (Å²) in [7, 11) is 5.69. The second-order valence-electron chi connectivity index (χ2n) is 15.9. The van der Waals surface area contributed by atoms with Crippen LogP contribution in [0.2, 0.25) is 10.0 Å². The standard InChI is InChI=1S/C50H50Cl2F4N2O5/c1-30(25-59)58(6)24-38-18-46(52)50(22-48(38)61-27-34-15-41(55)20-42(56)16-34)63-29-36-10-8-12-44(32(36)3)43-11-7-9-35(31(43)2)28-62-49-21-47(37(17-45(49)51)23-57(4)5)60-26-33-13-39(53)19-40(54)14-33/h7-22,30,59H,23-29H2,1-6H3. The molecule has 0 aliphatic carbocycles. The highest BCUT2D eigenvalue weighted by Gasteiger charge is 2.19. The molecule has 63 heavy (non-hydrogen) atoms. The zero-order valence-electron chi connectivity index (χ0n) is 36.0. The number of aliphatic hydroxyl groups excluding tert-OH is 1. The second kappa shape index (κ2) is 21.4. The molecule has 6 aromatic rings. The molecule has 332 valence electrons. The molecule has 0 bridgehead atoms. The number of nitrogens with zero attached hydrogens (tertiary/aromatic N) is 2. The molecular weight excluding hydrogens is 855 g/mol. The average molecular weight is 906 g/mol. The van der Waals surface area contributed by atoms with Gasteiger partial charge in [-0.3, -0.25) is 4.90 Å². The van der Waals surface area contributed by atoms with E-state index < -0.39 is 23.3 Å². The smallest absolute Gasteiger partial charge is 0.142 e. The van der Waals surface area contributed by atoms with Crippen LogP contribution in [0.15, 0.2) is 97.1 Å². The Labute approximate surface area is 376 Å². The molecule has 1 unspecified atom stereocenters. The van der Waals surface area contributed by atoms with E-state index in [-0.39, 0.29) is 39.1 Å². The van der Waals surface area contributed by atoms with Crippen molar-refractivity contribution in [3.63, 3.8) is 0 Å². The van der Waals surface area contributed by atoms with E-state index in [2.05, 4.69) is 0 Å². The molecule has 6 aromatic carbocycles. The topological polar surface area (TPSA) is 63.6 Å². The van der Waals surface area contributed by atoms with E-state index in [1.165, 1.54) is 24.3 Å². The van der Waals surface area contributed by atoms with Crippen molar-refractivity contribution in [2.24, 2.45) is 0 Å². The fourth-order valence-electron chi connectivity index (χ4n) is 7.08. The van der Waals surface area contributed by atoms with Gasteiger partial charge in [0.2, 0.25) is 0 Å². The molecule has 0 saturated carbocycles. The van der Waals surface area contributed by atoms with Crippen LogP contribution in [-0.4, -0.2) is 48.7 Å². The summed E-state index contributed by atoms with van der Waals surface area (Å²) < 4.78 is 80.6. The Kier molecular flexibility index (Phi) is 16.0. The predicted molar refractivity (Wildman–Crippen MR) is 240 cm³/mol. The van der Waals surface area contributed by atoms with Crippen molar-refractivity contribution in [1.29, 1.82) is 0 Å². The normalized spacial score (nSPS) is 11.9. The van der Waals surface area contributed by atoms with Crippen LogP contribution in [0, 0.1) is 37.1 Å². The number of hydrogen-bond acceptors (Lipinski definition) is 7. The van der Waals surface area contributed by atoms with E-state index in [0.29, 0.717) is 62.8 Å². The molecule has 0 aromatic heterocycles. The molecule has 13 heteroatoms. The molecule has 0 amide bonds. The van der Waals surface area contributed by atoms with Crippen molar-refractivity contribution in [1.82, 2.24) is 9.80 Å². The van der Waals surface area contributed by atoms with Crippen LogP contribution in [0.5, 0.6) is 23.0 Å². The third kappa shape index (κ3) is 12.5. The molecule has 7 nitrogen and oxygen atoms in total. The molecule has 6 rings (SSSR count). The maximum Gasteiger partial charge on any atom is 0.142 e. The first-order valence-corrected chi connectivity index (χ1v) is 21.0. The van der Waals surface area contributed by atoms with Crippen LogP contribution in [0.4, 0.5) is 17.6 Å². The van der Waals surface area contributed by atoms with Crippen molar-refractivity contribution < 1.29 is 41.6 Å². The van der Waals surface area contributed by atoms with Gasteiger partial charge in [-0.05, 0) is 123 Å². The van der Waals surface area contributed by atoms with Crippen LogP contribution in [0.3, 0.4) is 0 Å². The molecule has 0 aliphatic rings. The van der Waals surface area contributed by atoms with Crippen LogP contribution < -0.4 is 18.9 Å². The second-order valence-corrected chi connectivity index (χ2v) is 16.7. The number of halogens is 6. The number of rotatable bonds is 19. The van der Waals surface area contributed by atoms with Crippen molar-refractivity contribution in [3.8, 4) is 34.1 Å². The van der Waals surface area contributed by atoms with Gasteiger partial charge in [0, 0.05) is 54.5 Å². The van der Waals surface area contributed by atoms with E-state index in [9.17, 15) is 22.7 Å². The van der Waals surface area contributed by atoms with Crippen molar-refractivity contribution in [3.05, 3.63) is 175 Å². The third-order valence-electron chi connectivity index (χ3n) is 10.7. The van der Waals surface area contributed by atoms with Crippen LogP contribution in [0.25, 0.3) is 11.1 Å². The van der Waals surface area contributed by atoms with E-state index in [4.69, 9.17) is 42.1 Å².